The van der Waals surface area contributed by atoms with Crippen LogP contribution in [0.15, 0.2) is 24.4 Å². The molecule has 2 aromatic rings. The molecule has 0 atom stereocenters. The quantitative estimate of drug-likeness (QED) is 0.847. The summed E-state index contributed by atoms with van der Waals surface area (Å²) in [7, 11) is 0. The largest absolute Gasteiger partial charge is 0.361 e. The molecule has 1 aromatic carbocycles. The normalized spacial score (nSPS) is 10.8. The summed E-state index contributed by atoms with van der Waals surface area (Å²) in [6, 6.07) is 5.70. The van der Waals surface area contributed by atoms with E-state index >= 15 is 0 Å². The van der Waals surface area contributed by atoms with Crippen LogP contribution in [0.1, 0.15) is 18.9 Å². The van der Waals surface area contributed by atoms with Crippen molar-refractivity contribution in [1.29, 1.82) is 0 Å². The van der Waals surface area contributed by atoms with Gasteiger partial charge in [-0.25, -0.2) is 0 Å². The first-order valence-corrected chi connectivity index (χ1v) is 5.36. The van der Waals surface area contributed by atoms with Crippen molar-refractivity contribution in [3.8, 4) is 0 Å². The molecular formula is C12H12ClNO. The molecule has 0 saturated carbocycles. The molecule has 0 spiro atoms. The fourth-order valence-electron chi connectivity index (χ4n) is 1.68. The van der Waals surface area contributed by atoms with Crippen LogP contribution in [0.25, 0.3) is 10.9 Å². The van der Waals surface area contributed by atoms with Crippen LogP contribution in [0.4, 0.5) is 0 Å². The third-order valence-corrected chi connectivity index (χ3v) is 2.83. The number of nitrogens with one attached hydrogen (secondary N) is 1. The van der Waals surface area contributed by atoms with Gasteiger partial charge in [0.1, 0.15) is 5.78 Å². The molecule has 78 valence electrons. The summed E-state index contributed by atoms with van der Waals surface area (Å²) in [6.07, 6.45) is 2.89. The van der Waals surface area contributed by atoms with Gasteiger partial charge in [-0.3, -0.25) is 4.79 Å². The number of aromatic amines is 1. The maximum absolute atomic E-state index is 11.4. The Balaban J connectivity index is 2.48. The van der Waals surface area contributed by atoms with Crippen molar-refractivity contribution >= 4 is 28.3 Å². The highest BCUT2D eigenvalue weighted by Gasteiger charge is 2.09. The van der Waals surface area contributed by atoms with Crippen molar-refractivity contribution in [3.05, 3.63) is 35.0 Å². The molecule has 0 saturated heterocycles. The third-order valence-electron chi connectivity index (χ3n) is 2.52. The SMILES string of the molecule is CCC(=O)Cc1c[nH]c2cccc(Cl)c12. The fourth-order valence-corrected chi connectivity index (χ4v) is 1.98. The number of hydrogen-bond donors (Lipinski definition) is 1. The second kappa shape index (κ2) is 4.07. The van der Waals surface area contributed by atoms with Crippen LogP contribution in [0.5, 0.6) is 0 Å². The lowest BCUT2D eigenvalue weighted by Crippen LogP contribution is -1.99. The zero-order chi connectivity index (χ0) is 10.8. The number of carbonyl (C=O) groups is 1. The summed E-state index contributed by atoms with van der Waals surface area (Å²) in [5.74, 6) is 0.232. The zero-order valence-electron chi connectivity index (χ0n) is 8.51. The minimum atomic E-state index is 0.232. The first-order chi connectivity index (χ1) is 7.22. The van der Waals surface area contributed by atoms with E-state index in [-0.39, 0.29) is 5.78 Å². The van der Waals surface area contributed by atoms with Gasteiger partial charge in [0, 0.05) is 29.9 Å². The number of rotatable bonds is 3. The van der Waals surface area contributed by atoms with Gasteiger partial charge >= 0.3 is 0 Å². The average Bonchev–Trinajstić information content (AvgIpc) is 2.63. The highest BCUT2D eigenvalue weighted by Crippen LogP contribution is 2.26. The van der Waals surface area contributed by atoms with E-state index in [9.17, 15) is 4.79 Å². The molecule has 15 heavy (non-hydrogen) atoms. The van der Waals surface area contributed by atoms with Crippen LogP contribution >= 0.6 is 11.6 Å². The van der Waals surface area contributed by atoms with Gasteiger partial charge < -0.3 is 4.98 Å². The third kappa shape index (κ3) is 1.90. The second-order valence-electron chi connectivity index (χ2n) is 3.55. The zero-order valence-corrected chi connectivity index (χ0v) is 9.27. The van der Waals surface area contributed by atoms with Crippen molar-refractivity contribution in [1.82, 2.24) is 4.98 Å². The van der Waals surface area contributed by atoms with Crippen molar-refractivity contribution < 1.29 is 4.79 Å². The van der Waals surface area contributed by atoms with Crippen molar-refractivity contribution in [2.24, 2.45) is 0 Å². The topological polar surface area (TPSA) is 32.9 Å². The number of ketones is 1. The number of carbonyl (C=O) groups excluding carboxylic acids is 1. The number of Topliss-reactive ketones (excluding diaryl/α,β-unsaturated/α-hetero) is 1. The summed E-state index contributed by atoms with van der Waals surface area (Å²) in [4.78, 5) is 14.5. The van der Waals surface area contributed by atoms with Crippen LogP contribution in [-0.4, -0.2) is 10.8 Å². The second-order valence-corrected chi connectivity index (χ2v) is 3.95. The number of aromatic nitrogens is 1. The van der Waals surface area contributed by atoms with Crippen molar-refractivity contribution in [3.63, 3.8) is 0 Å². The van der Waals surface area contributed by atoms with Gasteiger partial charge in [-0.15, -0.1) is 0 Å². The standard InChI is InChI=1S/C12H12ClNO/c1-2-9(15)6-8-7-14-11-5-3-4-10(13)12(8)11/h3-5,7,14H,2,6H2,1H3. The fraction of sp³-hybridized carbons (Fsp3) is 0.250. The molecule has 0 aliphatic heterocycles. The molecule has 3 heteroatoms. The average molecular weight is 222 g/mol. The maximum Gasteiger partial charge on any atom is 0.137 e. The Labute approximate surface area is 93.2 Å². The first-order valence-electron chi connectivity index (χ1n) is 4.98. The van der Waals surface area contributed by atoms with E-state index in [0.29, 0.717) is 17.9 Å². The summed E-state index contributed by atoms with van der Waals surface area (Å²) >= 11 is 6.10. The predicted octanol–water partition coefficient (Wildman–Crippen LogP) is 3.34. The Morgan fingerprint density at radius 1 is 1.47 bits per heavy atom. The van der Waals surface area contributed by atoms with Gasteiger partial charge in [0.15, 0.2) is 0 Å². The Morgan fingerprint density at radius 3 is 3.00 bits per heavy atom. The smallest absolute Gasteiger partial charge is 0.137 e. The molecule has 0 fully saturated rings. The van der Waals surface area contributed by atoms with E-state index in [1.807, 2.05) is 31.3 Å². The molecule has 1 N–H and O–H groups in total. The lowest BCUT2D eigenvalue weighted by Gasteiger charge is -1.98. The Morgan fingerprint density at radius 2 is 2.27 bits per heavy atom. The molecule has 2 rings (SSSR count). The molecule has 1 heterocycles. The molecule has 0 aliphatic carbocycles. The Bertz CT molecular complexity index is 501. The van der Waals surface area contributed by atoms with Crippen LogP contribution in [0.2, 0.25) is 5.02 Å². The summed E-state index contributed by atoms with van der Waals surface area (Å²) in [6.45, 7) is 1.87. The van der Waals surface area contributed by atoms with Gasteiger partial charge in [-0.2, -0.15) is 0 Å². The van der Waals surface area contributed by atoms with Gasteiger partial charge in [-0.05, 0) is 17.7 Å². The van der Waals surface area contributed by atoms with Crippen LogP contribution < -0.4 is 0 Å². The number of hydrogen-bond acceptors (Lipinski definition) is 1. The van der Waals surface area contributed by atoms with E-state index in [1.165, 1.54) is 0 Å². The molecule has 1 aromatic heterocycles. The molecule has 0 bridgehead atoms. The number of fused-ring (bicyclic) bond motifs is 1. The maximum atomic E-state index is 11.4. The first kappa shape index (κ1) is 10.2. The number of H-pyrrole nitrogens is 1. The molecular weight excluding hydrogens is 210 g/mol. The Kier molecular flexibility index (Phi) is 2.78. The van der Waals surface area contributed by atoms with Crippen LogP contribution in [-0.2, 0) is 11.2 Å². The highest BCUT2D eigenvalue weighted by atomic mass is 35.5. The van der Waals surface area contributed by atoms with E-state index < -0.39 is 0 Å². The van der Waals surface area contributed by atoms with E-state index in [2.05, 4.69) is 4.98 Å². The molecule has 0 radical (unpaired) electrons. The summed E-state index contributed by atoms with van der Waals surface area (Å²) in [5.41, 5.74) is 1.98. The van der Waals surface area contributed by atoms with Gasteiger partial charge in [0.25, 0.3) is 0 Å². The van der Waals surface area contributed by atoms with Crippen molar-refractivity contribution in [2.45, 2.75) is 19.8 Å². The van der Waals surface area contributed by atoms with E-state index in [1.54, 1.807) is 0 Å². The van der Waals surface area contributed by atoms with Gasteiger partial charge in [0.2, 0.25) is 0 Å². The lowest BCUT2D eigenvalue weighted by atomic mass is 10.1. The number of halogens is 1. The molecule has 2 nitrogen and oxygen atoms in total. The molecule has 0 aliphatic rings. The summed E-state index contributed by atoms with van der Waals surface area (Å²) in [5, 5.41) is 1.67. The monoisotopic (exact) mass is 221 g/mol. The molecule has 0 unspecified atom stereocenters. The predicted molar refractivity (Wildman–Crippen MR) is 62.3 cm³/mol. The summed E-state index contributed by atoms with van der Waals surface area (Å²) < 4.78 is 0. The van der Waals surface area contributed by atoms with Crippen molar-refractivity contribution in [2.75, 3.05) is 0 Å². The van der Waals surface area contributed by atoms with E-state index in [4.69, 9.17) is 11.6 Å². The van der Waals surface area contributed by atoms with Gasteiger partial charge in [0.05, 0.1) is 5.02 Å². The lowest BCUT2D eigenvalue weighted by molar-refractivity contribution is -0.118. The number of benzene rings is 1. The van der Waals surface area contributed by atoms with Crippen LogP contribution in [0, 0.1) is 0 Å². The minimum Gasteiger partial charge on any atom is -0.361 e. The van der Waals surface area contributed by atoms with Gasteiger partial charge in [-0.1, -0.05) is 24.6 Å². The highest BCUT2D eigenvalue weighted by molar-refractivity contribution is 6.35. The van der Waals surface area contributed by atoms with Crippen LogP contribution in [0.3, 0.4) is 0 Å². The van der Waals surface area contributed by atoms with E-state index in [0.717, 1.165) is 16.5 Å². The minimum absolute atomic E-state index is 0.232. The molecule has 0 amide bonds. The Hall–Kier alpha value is -1.28.